The van der Waals surface area contributed by atoms with Gasteiger partial charge in [-0.15, -0.1) is 0 Å². The Bertz CT molecular complexity index is 376. The zero-order valence-electron chi connectivity index (χ0n) is 12.6. The van der Waals surface area contributed by atoms with Crippen molar-refractivity contribution in [2.45, 2.75) is 39.8 Å². The molecular weight excluding hydrogens is 250 g/mol. The van der Waals surface area contributed by atoms with Gasteiger partial charge in [0.1, 0.15) is 0 Å². The number of aromatic amines is 1. The molecule has 1 fully saturated rings. The number of H-pyrrole nitrogens is 1. The molecule has 0 spiro atoms. The van der Waals surface area contributed by atoms with E-state index in [0.29, 0.717) is 14.0 Å². The Morgan fingerprint density at radius 1 is 1.26 bits per heavy atom. The summed E-state index contributed by atoms with van der Waals surface area (Å²) in [7, 11) is 2.41. The Balaban J connectivity index is 2.07. The van der Waals surface area contributed by atoms with Crippen molar-refractivity contribution in [2.24, 2.45) is 0 Å². The predicted octanol–water partition coefficient (Wildman–Crippen LogP) is 1.76. The van der Waals surface area contributed by atoms with E-state index in [0.717, 1.165) is 0 Å². The van der Waals surface area contributed by atoms with Crippen LogP contribution < -0.4 is 4.48 Å². The van der Waals surface area contributed by atoms with Gasteiger partial charge in [0.05, 0.1) is 5.82 Å². The molecule has 1 N–H and O–H groups in total. The molecule has 1 aliphatic heterocycles. The second-order valence-corrected chi connectivity index (χ2v) is 7.05. The highest BCUT2D eigenvalue weighted by atomic mass is 28.2. The van der Waals surface area contributed by atoms with Gasteiger partial charge in [-0.2, -0.15) is 0 Å². The number of rotatable bonds is 5. The first kappa shape index (κ1) is 14.7. The second kappa shape index (κ2) is 6.68. The van der Waals surface area contributed by atoms with Crippen LogP contribution in [-0.4, -0.2) is 51.6 Å². The van der Waals surface area contributed by atoms with Crippen LogP contribution in [0.4, 0.5) is 5.82 Å². The maximum atomic E-state index is 3.35. The van der Waals surface area contributed by atoms with Crippen LogP contribution in [0.15, 0.2) is 18.3 Å². The first-order valence-electron chi connectivity index (χ1n) is 7.39. The van der Waals surface area contributed by atoms with Crippen LogP contribution in [-0.2, 0) is 0 Å². The molecule has 1 aromatic heterocycles. The molecule has 0 atom stereocenters. The predicted molar refractivity (Wildman–Crippen MR) is 87.7 cm³/mol. The number of anilines is 1. The lowest BCUT2D eigenvalue weighted by atomic mass is 9.61. The van der Waals surface area contributed by atoms with E-state index >= 15 is 0 Å². The van der Waals surface area contributed by atoms with E-state index in [-0.39, 0.29) is 9.84 Å². The van der Waals surface area contributed by atoms with Crippen molar-refractivity contribution in [1.82, 2.24) is 14.2 Å². The average molecular weight is 275 g/mol. The van der Waals surface area contributed by atoms with Crippen molar-refractivity contribution in [3.63, 3.8) is 0 Å². The molecule has 2 heterocycles. The Morgan fingerprint density at radius 2 is 2.05 bits per heavy atom. The fraction of sp³-hybridized carbons (Fsp3) is 0.667. The topological polar surface area (TPSA) is 25.5 Å². The summed E-state index contributed by atoms with van der Waals surface area (Å²) < 4.78 is 7.63. The summed E-state index contributed by atoms with van der Waals surface area (Å²) >= 11 is 0. The number of unbranched alkanes of at least 4 members (excludes halogenated alkanes) is 2. The molecule has 0 aromatic carbocycles. The molecule has 2 rings (SSSR count). The van der Waals surface area contributed by atoms with Crippen LogP contribution in [0.5, 0.6) is 0 Å². The molecule has 0 bridgehead atoms. The SMILES string of the molecule is CCCCCN1B(C)N(C)[SiH]N(c2ccc[nH]2)B1C. The summed E-state index contributed by atoms with van der Waals surface area (Å²) in [6, 6.07) is 4.26. The first-order valence-corrected chi connectivity index (χ1v) is 8.42. The van der Waals surface area contributed by atoms with Crippen LogP contribution in [0.25, 0.3) is 0 Å². The maximum absolute atomic E-state index is 3.35. The molecular formula is C12H25B2N4Si. The van der Waals surface area contributed by atoms with Crippen molar-refractivity contribution in [2.75, 3.05) is 18.1 Å². The van der Waals surface area contributed by atoms with E-state index in [4.69, 9.17) is 0 Å². The van der Waals surface area contributed by atoms with Gasteiger partial charge in [-0.05, 0) is 32.1 Å². The quantitative estimate of drug-likeness (QED) is 0.655. The van der Waals surface area contributed by atoms with Gasteiger partial charge < -0.3 is 18.7 Å². The minimum absolute atomic E-state index is 0.162. The van der Waals surface area contributed by atoms with Crippen molar-refractivity contribution in [3.05, 3.63) is 18.3 Å². The molecule has 1 saturated heterocycles. The lowest BCUT2D eigenvalue weighted by Crippen LogP contribution is -2.70. The molecule has 0 unspecified atom stereocenters. The lowest BCUT2D eigenvalue weighted by Gasteiger charge is -2.47. The van der Waals surface area contributed by atoms with E-state index in [9.17, 15) is 0 Å². The molecule has 1 aromatic rings. The minimum atomic E-state index is 0.162. The number of aromatic nitrogens is 1. The standard InChI is InChI=1S/C12H25B2N4Si/c1-5-6-7-11-17-13(2)16(4)19-18(14(17)3)12-9-8-10-15-12/h8-10,15,19H,5-7,11H2,1-4H3. The normalized spacial score (nSPS) is 18.4. The van der Waals surface area contributed by atoms with Crippen LogP contribution >= 0.6 is 0 Å². The van der Waals surface area contributed by atoms with Crippen LogP contribution in [0, 0.1) is 0 Å². The van der Waals surface area contributed by atoms with Gasteiger partial charge >= 0.3 is 6.98 Å². The fourth-order valence-electron chi connectivity index (χ4n) is 2.76. The minimum Gasteiger partial charge on any atom is -0.407 e. The van der Waals surface area contributed by atoms with Crippen LogP contribution in [0.3, 0.4) is 0 Å². The Kier molecular flexibility index (Phi) is 5.18. The third kappa shape index (κ3) is 3.27. The van der Waals surface area contributed by atoms with Gasteiger partial charge in [0.25, 0.3) is 6.98 Å². The van der Waals surface area contributed by atoms with E-state index in [1.54, 1.807) is 0 Å². The lowest BCUT2D eigenvalue weighted by molar-refractivity contribution is 0.535. The van der Waals surface area contributed by atoms with Crippen molar-refractivity contribution in [3.8, 4) is 0 Å². The molecule has 7 heteroatoms. The highest BCUT2D eigenvalue weighted by Crippen LogP contribution is 2.20. The molecule has 0 saturated carbocycles. The van der Waals surface area contributed by atoms with E-state index in [1.807, 2.05) is 6.20 Å². The van der Waals surface area contributed by atoms with Gasteiger partial charge in [0.15, 0.2) is 0 Å². The van der Waals surface area contributed by atoms with Gasteiger partial charge in [-0.3, -0.25) is 0 Å². The van der Waals surface area contributed by atoms with Crippen molar-refractivity contribution >= 4 is 29.6 Å². The largest absolute Gasteiger partial charge is 0.407 e. The zero-order chi connectivity index (χ0) is 13.8. The van der Waals surface area contributed by atoms with E-state index < -0.39 is 0 Å². The molecule has 19 heavy (non-hydrogen) atoms. The molecule has 1 radical (unpaired) electrons. The average Bonchev–Trinajstić information content (AvgIpc) is 2.92. The summed E-state index contributed by atoms with van der Waals surface area (Å²) in [5, 5.41) is 0. The van der Waals surface area contributed by atoms with E-state index in [2.05, 4.69) is 58.4 Å². The highest BCUT2D eigenvalue weighted by molar-refractivity contribution is 6.86. The van der Waals surface area contributed by atoms with Crippen molar-refractivity contribution < 1.29 is 0 Å². The number of hydrogen-bond donors (Lipinski definition) is 1. The van der Waals surface area contributed by atoms with Crippen molar-refractivity contribution in [1.29, 1.82) is 0 Å². The molecule has 103 valence electrons. The zero-order valence-corrected chi connectivity index (χ0v) is 13.8. The summed E-state index contributed by atoms with van der Waals surface area (Å²) in [6.07, 6.45) is 5.93. The van der Waals surface area contributed by atoms with Crippen LogP contribution in [0.1, 0.15) is 26.2 Å². The maximum Gasteiger partial charge on any atom is 0.322 e. The van der Waals surface area contributed by atoms with Gasteiger partial charge in [-0.1, -0.05) is 33.4 Å². The molecule has 0 aliphatic carbocycles. The highest BCUT2D eigenvalue weighted by Gasteiger charge is 2.39. The molecule has 0 amide bonds. The smallest absolute Gasteiger partial charge is 0.322 e. The summed E-state index contributed by atoms with van der Waals surface area (Å²) in [6.45, 7) is 9.16. The number of hydrogen-bond acceptors (Lipinski definition) is 3. The third-order valence-electron chi connectivity index (χ3n) is 4.14. The summed E-state index contributed by atoms with van der Waals surface area (Å²) in [4.78, 5) is 3.35. The molecule has 4 nitrogen and oxygen atoms in total. The Labute approximate surface area is 120 Å². The monoisotopic (exact) mass is 275 g/mol. The third-order valence-corrected chi connectivity index (χ3v) is 5.89. The number of nitrogens with one attached hydrogen (secondary N) is 1. The second-order valence-electron chi connectivity index (χ2n) is 5.45. The van der Waals surface area contributed by atoms with Gasteiger partial charge in [0.2, 0.25) is 9.84 Å². The Hall–Kier alpha value is -0.653. The van der Waals surface area contributed by atoms with Gasteiger partial charge in [0, 0.05) is 6.20 Å². The number of nitrogens with zero attached hydrogens (tertiary/aromatic N) is 3. The fourth-order valence-corrected chi connectivity index (χ4v) is 4.16. The van der Waals surface area contributed by atoms with Gasteiger partial charge in [-0.25, -0.2) is 0 Å². The molecule has 1 aliphatic rings. The first-order chi connectivity index (χ1) is 9.15. The summed E-state index contributed by atoms with van der Waals surface area (Å²) in [5.74, 6) is 1.25. The Morgan fingerprint density at radius 3 is 2.68 bits per heavy atom. The van der Waals surface area contributed by atoms with Crippen LogP contribution in [0.2, 0.25) is 13.6 Å². The van der Waals surface area contributed by atoms with E-state index in [1.165, 1.54) is 31.6 Å². The summed E-state index contributed by atoms with van der Waals surface area (Å²) in [5.41, 5.74) is 0.